The third-order valence-electron chi connectivity index (χ3n) is 3.59. The van der Waals surface area contributed by atoms with E-state index < -0.39 is 0 Å². The van der Waals surface area contributed by atoms with Gasteiger partial charge in [0.05, 0.1) is 23.8 Å². The van der Waals surface area contributed by atoms with Crippen molar-refractivity contribution in [2.45, 2.75) is 44.6 Å². The number of aryl methyl sites for hydroxylation is 1. The molecule has 2 rings (SSSR count). The Morgan fingerprint density at radius 3 is 2.72 bits per heavy atom. The van der Waals surface area contributed by atoms with Crippen LogP contribution in [0.1, 0.15) is 43.4 Å². The van der Waals surface area contributed by atoms with Crippen LogP contribution in [0.4, 0.5) is 5.82 Å². The molecule has 0 spiro atoms. The quantitative estimate of drug-likeness (QED) is 0.857. The maximum atomic E-state index is 9.64. The Morgan fingerprint density at radius 2 is 2.11 bits per heavy atom. The van der Waals surface area contributed by atoms with Gasteiger partial charge < -0.3 is 10.4 Å². The van der Waals surface area contributed by atoms with E-state index in [9.17, 15) is 5.11 Å². The first-order valence-corrected chi connectivity index (χ1v) is 6.45. The molecule has 18 heavy (non-hydrogen) atoms. The highest BCUT2D eigenvalue weighted by Gasteiger charge is 2.31. The summed E-state index contributed by atoms with van der Waals surface area (Å²) in [5.41, 5.74) is 1.17. The molecule has 0 saturated heterocycles. The molecular formula is C14H19N3O. The standard InChI is InChI=1S/C14H19N3O/c1-11-7-12(9-15)8-13(16-11)17-14(10-18)5-3-2-4-6-14/h7-8,18H,2-6,10H2,1H3,(H,16,17). The van der Waals surface area contributed by atoms with Crippen molar-refractivity contribution in [2.24, 2.45) is 0 Å². The second kappa shape index (κ2) is 5.36. The molecule has 4 nitrogen and oxygen atoms in total. The number of hydrogen-bond donors (Lipinski definition) is 2. The van der Waals surface area contributed by atoms with E-state index in [0.717, 1.165) is 31.4 Å². The summed E-state index contributed by atoms with van der Waals surface area (Å²) in [6, 6.07) is 5.64. The van der Waals surface area contributed by atoms with Crippen molar-refractivity contribution in [3.63, 3.8) is 0 Å². The van der Waals surface area contributed by atoms with Crippen LogP contribution in [0.2, 0.25) is 0 Å². The fraction of sp³-hybridized carbons (Fsp3) is 0.571. The summed E-state index contributed by atoms with van der Waals surface area (Å²) in [5, 5.41) is 21.9. The lowest BCUT2D eigenvalue weighted by atomic mass is 9.82. The lowest BCUT2D eigenvalue weighted by molar-refractivity contribution is 0.172. The molecule has 1 heterocycles. The molecule has 0 unspecified atom stereocenters. The Labute approximate surface area is 108 Å². The first kappa shape index (κ1) is 12.8. The molecule has 1 aromatic heterocycles. The Balaban J connectivity index is 2.21. The zero-order chi connectivity index (χ0) is 13.0. The van der Waals surface area contributed by atoms with Crippen molar-refractivity contribution in [2.75, 3.05) is 11.9 Å². The molecule has 1 aliphatic carbocycles. The molecular weight excluding hydrogens is 226 g/mol. The molecule has 2 N–H and O–H groups in total. The van der Waals surface area contributed by atoms with Gasteiger partial charge in [0.25, 0.3) is 0 Å². The number of rotatable bonds is 3. The van der Waals surface area contributed by atoms with Gasteiger partial charge in [0.2, 0.25) is 0 Å². The number of nitrogens with zero attached hydrogens (tertiary/aromatic N) is 2. The van der Waals surface area contributed by atoms with Gasteiger partial charge in [-0.1, -0.05) is 19.3 Å². The summed E-state index contributed by atoms with van der Waals surface area (Å²) >= 11 is 0. The van der Waals surface area contributed by atoms with Crippen molar-refractivity contribution in [3.8, 4) is 6.07 Å². The maximum Gasteiger partial charge on any atom is 0.128 e. The van der Waals surface area contributed by atoms with Gasteiger partial charge in [-0.05, 0) is 31.9 Å². The van der Waals surface area contributed by atoms with Gasteiger partial charge in [0, 0.05) is 5.69 Å². The lowest BCUT2D eigenvalue weighted by Crippen LogP contribution is -2.44. The molecule has 1 aliphatic rings. The molecule has 0 aromatic carbocycles. The van der Waals surface area contributed by atoms with Crippen LogP contribution in [-0.2, 0) is 0 Å². The van der Waals surface area contributed by atoms with Crippen molar-refractivity contribution >= 4 is 5.82 Å². The number of aliphatic hydroxyl groups excluding tert-OH is 1. The molecule has 0 atom stereocenters. The summed E-state index contributed by atoms with van der Waals surface area (Å²) in [5.74, 6) is 0.697. The van der Waals surface area contributed by atoms with Crippen LogP contribution >= 0.6 is 0 Å². The normalized spacial score (nSPS) is 18.1. The molecule has 96 valence electrons. The van der Waals surface area contributed by atoms with E-state index in [1.165, 1.54) is 6.42 Å². The third kappa shape index (κ3) is 2.80. The number of aromatic nitrogens is 1. The van der Waals surface area contributed by atoms with Gasteiger partial charge in [-0.25, -0.2) is 4.98 Å². The van der Waals surface area contributed by atoms with Crippen LogP contribution in [0.25, 0.3) is 0 Å². The lowest BCUT2D eigenvalue weighted by Gasteiger charge is -2.37. The molecule has 0 bridgehead atoms. The third-order valence-corrected chi connectivity index (χ3v) is 3.59. The monoisotopic (exact) mass is 245 g/mol. The van der Waals surface area contributed by atoms with E-state index in [2.05, 4.69) is 16.4 Å². The Bertz CT molecular complexity index is 459. The van der Waals surface area contributed by atoms with Gasteiger partial charge in [-0.2, -0.15) is 5.26 Å². The zero-order valence-corrected chi connectivity index (χ0v) is 10.7. The van der Waals surface area contributed by atoms with Crippen molar-refractivity contribution < 1.29 is 5.11 Å². The average Bonchev–Trinajstić information content (AvgIpc) is 2.39. The smallest absolute Gasteiger partial charge is 0.128 e. The van der Waals surface area contributed by atoms with Gasteiger partial charge in [0.15, 0.2) is 0 Å². The van der Waals surface area contributed by atoms with E-state index in [0.29, 0.717) is 11.4 Å². The fourth-order valence-corrected chi connectivity index (χ4v) is 2.62. The molecule has 1 fully saturated rings. The SMILES string of the molecule is Cc1cc(C#N)cc(NC2(CO)CCCCC2)n1. The Morgan fingerprint density at radius 1 is 1.39 bits per heavy atom. The van der Waals surface area contributed by atoms with Crippen LogP contribution in [0, 0.1) is 18.3 Å². The average molecular weight is 245 g/mol. The van der Waals surface area contributed by atoms with E-state index in [1.807, 2.05) is 6.92 Å². The summed E-state index contributed by atoms with van der Waals surface area (Å²) < 4.78 is 0. The number of aliphatic hydroxyl groups is 1. The largest absolute Gasteiger partial charge is 0.394 e. The molecule has 0 amide bonds. The topological polar surface area (TPSA) is 68.9 Å². The second-order valence-electron chi connectivity index (χ2n) is 5.12. The van der Waals surface area contributed by atoms with E-state index >= 15 is 0 Å². The van der Waals surface area contributed by atoms with Crippen LogP contribution in [-0.4, -0.2) is 22.2 Å². The van der Waals surface area contributed by atoms with Crippen LogP contribution in [0.15, 0.2) is 12.1 Å². The molecule has 0 radical (unpaired) electrons. The number of pyridine rings is 1. The van der Waals surface area contributed by atoms with E-state index in [4.69, 9.17) is 5.26 Å². The number of nitriles is 1. The first-order valence-electron chi connectivity index (χ1n) is 6.45. The van der Waals surface area contributed by atoms with Gasteiger partial charge in [0.1, 0.15) is 5.82 Å². The molecule has 1 aromatic rings. The minimum absolute atomic E-state index is 0.116. The first-order chi connectivity index (χ1) is 8.67. The molecule has 4 heteroatoms. The van der Waals surface area contributed by atoms with Gasteiger partial charge in [-0.3, -0.25) is 0 Å². The molecule has 1 saturated carbocycles. The highest BCUT2D eigenvalue weighted by atomic mass is 16.3. The second-order valence-corrected chi connectivity index (χ2v) is 5.12. The predicted octanol–water partition coefficient (Wildman–Crippen LogP) is 2.37. The van der Waals surface area contributed by atoms with Crippen molar-refractivity contribution in [1.82, 2.24) is 4.98 Å². The fourth-order valence-electron chi connectivity index (χ4n) is 2.62. The number of anilines is 1. The highest BCUT2D eigenvalue weighted by Crippen LogP contribution is 2.31. The Kier molecular flexibility index (Phi) is 3.83. The van der Waals surface area contributed by atoms with Crippen molar-refractivity contribution in [1.29, 1.82) is 5.26 Å². The van der Waals surface area contributed by atoms with Crippen LogP contribution < -0.4 is 5.32 Å². The van der Waals surface area contributed by atoms with Crippen molar-refractivity contribution in [3.05, 3.63) is 23.4 Å². The van der Waals surface area contributed by atoms with Gasteiger partial charge in [-0.15, -0.1) is 0 Å². The Hall–Kier alpha value is -1.60. The summed E-state index contributed by atoms with van der Waals surface area (Å²) in [6.45, 7) is 1.99. The highest BCUT2D eigenvalue weighted by molar-refractivity contribution is 5.46. The van der Waals surface area contributed by atoms with E-state index in [1.54, 1.807) is 12.1 Å². The van der Waals surface area contributed by atoms with Gasteiger partial charge >= 0.3 is 0 Å². The maximum absolute atomic E-state index is 9.64. The summed E-state index contributed by atoms with van der Waals surface area (Å²) in [7, 11) is 0. The zero-order valence-electron chi connectivity index (χ0n) is 10.7. The minimum Gasteiger partial charge on any atom is -0.394 e. The summed E-state index contributed by atoms with van der Waals surface area (Å²) in [6.07, 6.45) is 5.41. The van der Waals surface area contributed by atoms with Crippen LogP contribution in [0.3, 0.4) is 0 Å². The number of nitrogens with one attached hydrogen (secondary N) is 1. The number of hydrogen-bond acceptors (Lipinski definition) is 4. The minimum atomic E-state index is -0.258. The molecule has 0 aliphatic heterocycles. The summed E-state index contributed by atoms with van der Waals surface area (Å²) in [4.78, 5) is 4.40. The van der Waals surface area contributed by atoms with Crippen LogP contribution in [0.5, 0.6) is 0 Å². The predicted molar refractivity (Wildman–Crippen MR) is 70.2 cm³/mol. The van der Waals surface area contributed by atoms with E-state index in [-0.39, 0.29) is 12.1 Å².